The van der Waals surface area contributed by atoms with Crippen LogP contribution in [0.4, 0.5) is 0 Å². The van der Waals surface area contributed by atoms with Crippen molar-refractivity contribution in [2.24, 2.45) is 0 Å². The van der Waals surface area contributed by atoms with E-state index in [0.717, 1.165) is 18.5 Å². The van der Waals surface area contributed by atoms with Gasteiger partial charge in [-0.1, -0.05) is 0 Å². The number of nitrogens with zero attached hydrogens (tertiary/aromatic N) is 2. The van der Waals surface area contributed by atoms with Gasteiger partial charge in [-0.3, -0.25) is 4.68 Å². The number of hydrogen-bond acceptors (Lipinski definition) is 4. The Bertz CT molecular complexity index is 405. The molecule has 2 rings (SSSR count). The molecule has 0 aliphatic carbocycles. The van der Waals surface area contributed by atoms with Gasteiger partial charge >= 0.3 is 0 Å². The van der Waals surface area contributed by atoms with Crippen LogP contribution in [0.5, 0.6) is 0 Å². The molecule has 114 valence electrons. The summed E-state index contributed by atoms with van der Waals surface area (Å²) in [6, 6.07) is 2.31. The van der Waals surface area contributed by atoms with E-state index in [1.54, 1.807) is 0 Å². The van der Waals surface area contributed by atoms with Gasteiger partial charge in [-0.15, -0.1) is 0 Å². The minimum Gasteiger partial charge on any atom is -0.390 e. The van der Waals surface area contributed by atoms with Crippen LogP contribution in [-0.4, -0.2) is 46.4 Å². The first kappa shape index (κ1) is 15.5. The molecular formula is C15H26N2O3. The molecule has 2 heterocycles. The minimum absolute atomic E-state index is 0.338. The molecule has 0 saturated carbocycles. The van der Waals surface area contributed by atoms with Crippen LogP contribution in [0.15, 0.2) is 12.3 Å². The lowest BCUT2D eigenvalue weighted by Crippen LogP contribution is -2.50. The topological polar surface area (TPSA) is 56.5 Å². The zero-order valence-electron chi connectivity index (χ0n) is 12.7. The van der Waals surface area contributed by atoms with Crippen molar-refractivity contribution in [2.45, 2.75) is 57.8 Å². The Morgan fingerprint density at radius 1 is 1.45 bits per heavy atom. The highest BCUT2D eigenvalue weighted by atomic mass is 16.5. The van der Waals surface area contributed by atoms with Crippen molar-refractivity contribution in [2.75, 3.05) is 19.8 Å². The summed E-state index contributed by atoms with van der Waals surface area (Å²) < 4.78 is 13.2. The van der Waals surface area contributed by atoms with Gasteiger partial charge in [0.2, 0.25) is 0 Å². The molecule has 1 aliphatic rings. The summed E-state index contributed by atoms with van der Waals surface area (Å²) in [5.74, 6) is 0. The predicted octanol–water partition coefficient (Wildman–Crippen LogP) is 1.95. The van der Waals surface area contributed by atoms with E-state index in [4.69, 9.17) is 9.47 Å². The molecular weight excluding hydrogens is 256 g/mol. The maximum absolute atomic E-state index is 10.6. The van der Waals surface area contributed by atoms with Crippen LogP contribution in [0, 0.1) is 0 Å². The number of aliphatic hydroxyl groups is 1. The fourth-order valence-corrected chi connectivity index (χ4v) is 2.74. The molecule has 5 nitrogen and oxygen atoms in total. The third-order valence-corrected chi connectivity index (χ3v) is 3.97. The largest absolute Gasteiger partial charge is 0.390 e. The molecule has 5 heteroatoms. The van der Waals surface area contributed by atoms with Gasteiger partial charge in [0.25, 0.3) is 0 Å². The summed E-state index contributed by atoms with van der Waals surface area (Å²) in [7, 11) is 0. The van der Waals surface area contributed by atoms with E-state index in [1.165, 1.54) is 0 Å². The molecule has 0 radical (unpaired) electrons. The quantitative estimate of drug-likeness (QED) is 0.866. The number of aliphatic hydroxyl groups excluding tert-OH is 1. The van der Waals surface area contributed by atoms with Crippen molar-refractivity contribution < 1.29 is 14.6 Å². The van der Waals surface area contributed by atoms with E-state index >= 15 is 0 Å². The van der Waals surface area contributed by atoms with Crippen LogP contribution in [-0.2, 0) is 15.9 Å². The number of aromatic nitrogens is 2. The normalized spacial score (nSPS) is 20.2. The number of ether oxygens (including phenoxy) is 2. The second kappa shape index (κ2) is 6.70. The van der Waals surface area contributed by atoms with Gasteiger partial charge in [0.05, 0.1) is 17.4 Å². The third-order valence-electron chi connectivity index (χ3n) is 3.97. The van der Waals surface area contributed by atoms with Crippen molar-refractivity contribution in [3.8, 4) is 0 Å². The Morgan fingerprint density at radius 3 is 2.70 bits per heavy atom. The molecule has 0 bridgehead atoms. The lowest BCUT2D eigenvalue weighted by atomic mass is 9.85. The van der Waals surface area contributed by atoms with E-state index in [9.17, 15) is 5.11 Å². The first-order valence-electron chi connectivity index (χ1n) is 7.51. The van der Waals surface area contributed by atoms with Crippen LogP contribution in [0.2, 0.25) is 0 Å². The highest BCUT2D eigenvalue weighted by Gasteiger charge is 2.40. The molecule has 1 aromatic rings. The fourth-order valence-electron chi connectivity index (χ4n) is 2.74. The van der Waals surface area contributed by atoms with Gasteiger partial charge in [0.1, 0.15) is 0 Å². The molecule has 1 N–H and O–H groups in total. The molecule has 1 fully saturated rings. The van der Waals surface area contributed by atoms with Crippen molar-refractivity contribution in [3.05, 3.63) is 18.0 Å². The van der Waals surface area contributed by atoms with Gasteiger partial charge in [-0.25, -0.2) is 0 Å². The summed E-state index contributed by atoms with van der Waals surface area (Å²) in [4.78, 5) is 0. The summed E-state index contributed by atoms with van der Waals surface area (Å²) in [6.07, 6.45) is 3.44. The summed E-state index contributed by atoms with van der Waals surface area (Å²) in [6.45, 7) is 8.06. The fraction of sp³-hybridized carbons (Fsp3) is 0.800. The highest BCUT2D eigenvalue weighted by Crippen LogP contribution is 2.30. The van der Waals surface area contributed by atoms with Crippen LogP contribution >= 0.6 is 0 Å². The number of hydrogen-bond donors (Lipinski definition) is 1. The molecule has 1 aromatic heterocycles. The zero-order chi connectivity index (χ0) is 14.6. The lowest BCUT2D eigenvalue weighted by Gasteiger charge is -2.40. The third kappa shape index (κ3) is 3.40. The molecule has 0 amide bonds. The van der Waals surface area contributed by atoms with E-state index in [0.29, 0.717) is 32.3 Å². The first-order valence-corrected chi connectivity index (χ1v) is 7.51. The van der Waals surface area contributed by atoms with Crippen LogP contribution in [0.25, 0.3) is 0 Å². The predicted molar refractivity (Wildman–Crippen MR) is 76.7 cm³/mol. The Labute approximate surface area is 120 Å². The van der Waals surface area contributed by atoms with Crippen molar-refractivity contribution in [1.82, 2.24) is 9.78 Å². The Balaban J connectivity index is 2.05. The molecule has 1 saturated heterocycles. The summed E-state index contributed by atoms with van der Waals surface area (Å²) in [5, 5.41) is 15.1. The van der Waals surface area contributed by atoms with Crippen molar-refractivity contribution >= 4 is 0 Å². The van der Waals surface area contributed by atoms with E-state index < -0.39 is 11.7 Å². The minimum atomic E-state index is -0.540. The van der Waals surface area contributed by atoms with Crippen molar-refractivity contribution in [3.63, 3.8) is 0 Å². The molecule has 1 aliphatic heterocycles. The standard InChI is InChI=1S/C15H26N2O3/c1-4-20-15(6-9-19-10-7-15)14(18)11-13-5-8-17(16-13)12(2)3/h5,8,12,14,18H,4,6-7,9-11H2,1-3H3. The molecule has 0 spiro atoms. The molecule has 1 unspecified atom stereocenters. The average Bonchev–Trinajstić information content (AvgIpc) is 2.89. The van der Waals surface area contributed by atoms with Crippen molar-refractivity contribution in [1.29, 1.82) is 0 Å². The Kier molecular flexibility index (Phi) is 5.18. The summed E-state index contributed by atoms with van der Waals surface area (Å²) in [5.41, 5.74) is 0.436. The van der Waals surface area contributed by atoms with Gasteiger partial charge < -0.3 is 14.6 Å². The van der Waals surface area contributed by atoms with Gasteiger partial charge in [0, 0.05) is 51.3 Å². The van der Waals surface area contributed by atoms with Gasteiger partial charge in [0.15, 0.2) is 0 Å². The Hall–Kier alpha value is -0.910. The monoisotopic (exact) mass is 282 g/mol. The van der Waals surface area contributed by atoms with Gasteiger partial charge in [-0.2, -0.15) is 5.10 Å². The smallest absolute Gasteiger partial charge is 0.0987 e. The highest BCUT2D eigenvalue weighted by molar-refractivity contribution is 5.05. The second-order valence-corrected chi connectivity index (χ2v) is 5.71. The lowest BCUT2D eigenvalue weighted by molar-refractivity contribution is -0.165. The SMILES string of the molecule is CCOC1(C(O)Cc2ccn(C(C)C)n2)CCOCC1. The van der Waals surface area contributed by atoms with Gasteiger partial charge in [-0.05, 0) is 26.8 Å². The van der Waals surface area contributed by atoms with Crippen LogP contribution in [0.1, 0.15) is 45.3 Å². The first-order chi connectivity index (χ1) is 9.57. The van der Waals surface area contributed by atoms with Crippen LogP contribution in [0.3, 0.4) is 0 Å². The maximum Gasteiger partial charge on any atom is 0.0987 e. The molecule has 20 heavy (non-hydrogen) atoms. The van der Waals surface area contributed by atoms with E-state index in [1.807, 2.05) is 23.9 Å². The maximum atomic E-state index is 10.6. The molecule has 1 atom stereocenters. The summed E-state index contributed by atoms with van der Waals surface area (Å²) >= 11 is 0. The second-order valence-electron chi connectivity index (χ2n) is 5.71. The zero-order valence-corrected chi connectivity index (χ0v) is 12.7. The number of rotatable bonds is 6. The van der Waals surface area contributed by atoms with E-state index in [2.05, 4.69) is 18.9 Å². The van der Waals surface area contributed by atoms with Crippen LogP contribution < -0.4 is 0 Å². The molecule has 0 aromatic carbocycles. The van der Waals surface area contributed by atoms with E-state index in [-0.39, 0.29) is 0 Å². The Morgan fingerprint density at radius 2 is 2.15 bits per heavy atom. The average molecular weight is 282 g/mol.